The largest absolute Gasteiger partial charge is 0.337 e. The second kappa shape index (κ2) is 7.47. The molecule has 1 aromatic carbocycles. The first-order chi connectivity index (χ1) is 11.6. The van der Waals surface area contributed by atoms with Gasteiger partial charge in [0, 0.05) is 18.2 Å². The van der Waals surface area contributed by atoms with Crippen LogP contribution in [0.1, 0.15) is 51.5 Å². The number of benzene rings is 1. The van der Waals surface area contributed by atoms with Crippen molar-refractivity contribution in [1.82, 2.24) is 20.4 Å². The number of likely N-dealkylation sites (tertiary alicyclic amines) is 1. The molecule has 1 unspecified atom stereocenters. The summed E-state index contributed by atoms with van der Waals surface area (Å²) < 4.78 is 5.52. The van der Waals surface area contributed by atoms with Gasteiger partial charge in [-0.2, -0.15) is 4.98 Å². The Morgan fingerprint density at radius 2 is 2.04 bits per heavy atom. The summed E-state index contributed by atoms with van der Waals surface area (Å²) in [5, 5.41) is 7.08. The van der Waals surface area contributed by atoms with Gasteiger partial charge in [0.1, 0.15) is 6.04 Å². The Labute approximate surface area is 142 Å². The van der Waals surface area contributed by atoms with E-state index >= 15 is 0 Å². The molecule has 0 spiro atoms. The van der Waals surface area contributed by atoms with Gasteiger partial charge in [-0.3, -0.25) is 0 Å². The predicted octanol–water partition coefficient (Wildman–Crippen LogP) is 3.77. The number of nitrogens with one attached hydrogen (secondary N) is 1. The molecule has 0 bridgehead atoms. The number of carbonyl (C=O) groups is 1. The van der Waals surface area contributed by atoms with E-state index in [0.717, 1.165) is 31.2 Å². The zero-order valence-electron chi connectivity index (χ0n) is 14.2. The fourth-order valence-electron chi connectivity index (χ4n) is 3.01. The molecule has 0 saturated carbocycles. The number of rotatable bonds is 3. The smallest absolute Gasteiger partial charge is 0.318 e. The summed E-state index contributed by atoms with van der Waals surface area (Å²) in [5.74, 6) is 1.09. The van der Waals surface area contributed by atoms with Crippen LogP contribution >= 0.6 is 0 Å². The molecule has 1 aromatic heterocycles. The molecule has 1 aliphatic rings. The van der Waals surface area contributed by atoms with Gasteiger partial charge >= 0.3 is 6.03 Å². The van der Waals surface area contributed by atoms with E-state index < -0.39 is 0 Å². The molecular weight excluding hydrogens is 304 g/mol. The highest BCUT2D eigenvalue weighted by Crippen LogP contribution is 2.30. The van der Waals surface area contributed by atoms with E-state index in [2.05, 4.69) is 15.5 Å². The van der Waals surface area contributed by atoms with E-state index in [9.17, 15) is 4.79 Å². The molecule has 2 amide bonds. The van der Waals surface area contributed by atoms with Gasteiger partial charge in [0.15, 0.2) is 0 Å². The zero-order valence-corrected chi connectivity index (χ0v) is 14.2. The van der Waals surface area contributed by atoms with Crippen molar-refractivity contribution in [3.63, 3.8) is 0 Å². The quantitative estimate of drug-likeness (QED) is 0.931. The molecule has 3 rings (SSSR count). The van der Waals surface area contributed by atoms with Crippen LogP contribution in [0.2, 0.25) is 0 Å². The molecule has 2 aromatic rings. The van der Waals surface area contributed by atoms with Gasteiger partial charge in [0.05, 0.1) is 0 Å². The number of nitrogens with zero attached hydrogens (tertiary/aromatic N) is 3. The molecular formula is C18H24N4O2. The molecule has 1 aliphatic heterocycles. The van der Waals surface area contributed by atoms with Gasteiger partial charge in [-0.15, -0.1) is 0 Å². The van der Waals surface area contributed by atoms with Gasteiger partial charge < -0.3 is 14.7 Å². The fraction of sp³-hybridized carbons (Fsp3) is 0.500. The lowest BCUT2D eigenvalue weighted by Gasteiger charge is -2.28. The molecule has 6 heteroatoms. The van der Waals surface area contributed by atoms with Crippen molar-refractivity contribution in [2.75, 3.05) is 6.54 Å². The van der Waals surface area contributed by atoms with E-state index in [1.54, 1.807) is 0 Å². The number of carbonyl (C=O) groups excluding carboxylic acids is 1. The predicted molar refractivity (Wildman–Crippen MR) is 91.3 cm³/mol. The second-order valence-electron chi connectivity index (χ2n) is 6.48. The average Bonchev–Trinajstić information content (AvgIpc) is 2.93. The Bertz CT molecular complexity index is 669. The van der Waals surface area contributed by atoms with E-state index in [4.69, 9.17) is 4.52 Å². The second-order valence-corrected chi connectivity index (χ2v) is 6.48. The third kappa shape index (κ3) is 3.75. The van der Waals surface area contributed by atoms with Crippen LogP contribution in [0.3, 0.4) is 0 Å². The van der Waals surface area contributed by atoms with E-state index in [1.807, 2.05) is 49.1 Å². The molecule has 1 atom stereocenters. The fourth-order valence-corrected chi connectivity index (χ4v) is 3.01. The van der Waals surface area contributed by atoms with Crippen molar-refractivity contribution in [1.29, 1.82) is 0 Å². The van der Waals surface area contributed by atoms with Crippen LogP contribution in [0.5, 0.6) is 0 Å². The molecule has 1 fully saturated rings. The molecule has 6 nitrogen and oxygen atoms in total. The van der Waals surface area contributed by atoms with Gasteiger partial charge in [-0.05, 0) is 26.7 Å². The van der Waals surface area contributed by atoms with Crippen LogP contribution in [0.4, 0.5) is 4.79 Å². The van der Waals surface area contributed by atoms with Gasteiger partial charge in [-0.25, -0.2) is 4.79 Å². The first-order valence-electron chi connectivity index (χ1n) is 8.61. The highest BCUT2D eigenvalue weighted by Gasteiger charge is 2.31. The maximum absolute atomic E-state index is 12.5. The molecule has 0 aliphatic carbocycles. The first-order valence-corrected chi connectivity index (χ1v) is 8.61. The number of urea groups is 1. The van der Waals surface area contributed by atoms with Crippen molar-refractivity contribution in [2.45, 2.75) is 51.6 Å². The minimum absolute atomic E-state index is 0.0589. The lowest BCUT2D eigenvalue weighted by molar-refractivity contribution is 0.157. The van der Waals surface area contributed by atoms with E-state index in [-0.39, 0.29) is 18.1 Å². The Morgan fingerprint density at radius 3 is 2.79 bits per heavy atom. The van der Waals surface area contributed by atoms with Gasteiger partial charge in [0.25, 0.3) is 0 Å². The number of hydrogen-bond donors (Lipinski definition) is 1. The van der Waals surface area contributed by atoms with Crippen molar-refractivity contribution in [2.24, 2.45) is 0 Å². The first kappa shape index (κ1) is 16.5. The Hall–Kier alpha value is -2.37. The summed E-state index contributed by atoms with van der Waals surface area (Å²) in [6.07, 6.45) is 4.02. The third-order valence-electron chi connectivity index (χ3n) is 4.18. The zero-order chi connectivity index (χ0) is 16.9. The number of amides is 2. The molecule has 1 N–H and O–H groups in total. The summed E-state index contributed by atoms with van der Waals surface area (Å²) in [6, 6.07) is 9.62. The van der Waals surface area contributed by atoms with Crippen LogP contribution in [-0.4, -0.2) is 33.7 Å². The van der Waals surface area contributed by atoms with Crippen molar-refractivity contribution in [3.8, 4) is 11.4 Å². The van der Waals surface area contributed by atoms with Crippen molar-refractivity contribution in [3.05, 3.63) is 36.2 Å². The van der Waals surface area contributed by atoms with E-state index in [1.165, 1.54) is 0 Å². The lowest BCUT2D eigenvalue weighted by atomic mass is 10.1. The number of hydrogen-bond acceptors (Lipinski definition) is 4. The minimum atomic E-state index is -0.156. The summed E-state index contributed by atoms with van der Waals surface area (Å²) in [6.45, 7) is 4.64. The van der Waals surface area contributed by atoms with Crippen LogP contribution in [0, 0.1) is 0 Å². The van der Waals surface area contributed by atoms with Crippen molar-refractivity contribution < 1.29 is 9.32 Å². The average molecular weight is 328 g/mol. The van der Waals surface area contributed by atoms with Crippen LogP contribution in [0.15, 0.2) is 34.9 Å². The minimum Gasteiger partial charge on any atom is -0.337 e. The molecule has 2 heterocycles. The highest BCUT2D eigenvalue weighted by molar-refractivity contribution is 5.75. The Kier molecular flexibility index (Phi) is 5.13. The standard InChI is InChI=1S/C18H24N4O2/c1-13(2)19-18(23)22-12-8-4-7-11-15(22)17-20-16(21-24-17)14-9-5-3-6-10-14/h3,5-6,9-10,13,15H,4,7-8,11-12H2,1-2H3,(H,19,23). The maximum Gasteiger partial charge on any atom is 0.318 e. The topological polar surface area (TPSA) is 71.3 Å². The molecule has 24 heavy (non-hydrogen) atoms. The van der Waals surface area contributed by atoms with Crippen LogP contribution in [-0.2, 0) is 0 Å². The molecule has 0 radical (unpaired) electrons. The highest BCUT2D eigenvalue weighted by atomic mass is 16.5. The summed E-state index contributed by atoms with van der Waals surface area (Å²) in [5.41, 5.74) is 0.916. The van der Waals surface area contributed by atoms with Gasteiger partial charge in [0.2, 0.25) is 11.7 Å². The van der Waals surface area contributed by atoms with Crippen molar-refractivity contribution >= 4 is 6.03 Å². The number of aromatic nitrogens is 2. The molecule has 1 saturated heterocycles. The monoisotopic (exact) mass is 328 g/mol. The summed E-state index contributed by atoms with van der Waals surface area (Å²) in [4.78, 5) is 18.9. The van der Waals surface area contributed by atoms with E-state index in [0.29, 0.717) is 18.3 Å². The Morgan fingerprint density at radius 1 is 1.25 bits per heavy atom. The van der Waals surface area contributed by atoms with Gasteiger partial charge in [-0.1, -0.05) is 48.3 Å². The third-order valence-corrected chi connectivity index (χ3v) is 4.18. The lowest BCUT2D eigenvalue weighted by Crippen LogP contribution is -2.44. The maximum atomic E-state index is 12.5. The normalized spacial score (nSPS) is 18.5. The molecule has 128 valence electrons. The van der Waals surface area contributed by atoms with Crippen LogP contribution < -0.4 is 5.32 Å². The van der Waals surface area contributed by atoms with Crippen LogP contribution in [0.25, 0.3) is 11.4 Å². The summed E-state index contributed by atoms with van der Waals surface area (Å²) in [7, 11) is 0. The summed E-state index contributed by atoms with van der Waals surface area (Å²) >= 11 is 0. The Balaban J connectivity index is 1.84. The SMILES string of the molecule is CC(C)NC(=O)N1CCCCCC1c1nc(-c2ccccc2)no1.